The van der Waals surface area contributed by atoms with Crippen molar-refractivity contribution in [1.82, 2.24) is 0 Å². The Morgan fingerprint density at radius 3 is 2.15 bits per heavy atom. The first-order valence-corrected chi connectivity index (χ1v) is 7.93. The highest BCUT2D eigenvalue weighted by atomic mass is 16.5. The number of benzene rings is 3. The van der Waals surface area contributed by atoms with Gasteiger partial charge in [-0.05, 0) is 42.5 Å². The predicted octanol–water partition coefficient (Wildman–Crippen LogP) is 4.66. The molecule has 0 bridgehead atoms. The van der Waals surface area contributed by atoms with Crippen LogP contribution >= 0.6 is 0 Å². The maximum absolute atomic E-state index is 12.3. The Hall–Kier alpha value is -3.73. The van der Waals surface area contributed by atoms with Crippen molar-refractivity contribution in [2.45, 2.75) is 0 Å². The largest absolute Gasteiger partial charge is 0.504 e. The molecule has 5 heteroatoms. The minimum atomic E-state index is -0.361. The molecule has 0 aliphatic rings. The maximum Gasteiger partial charge on any atom is 0.193 e. The van der Waals surface area contributed by atoms with Gasteiger partial charge >= 0.3 is 0 Å². The minimum Gasteiger partial charge on any atom is -0.504 e. The number of para-hydroxylation sites is 1. The summed E-state index contributed by atoms with van der Waals surface area (Å²) in [5.41, 5.74) is 0.588. The van der Waals surface area contributed by atoms with E-state index in [4.69, 9.17) is 9.15 Å². The zero-order valence-corrected chi connectivity index (χ0v) is 13.5. The fraction of sp³-hybridized carbons (Fsp3) is 0. The molecule has 0 unspecified atom stereocenters. The van der Waals surface area contributed by atoms with Crippen molar-refractivity contribution in [2.24, 2.45) is 0 Å². The van der Waals surface area contributed by atoms with Gasteiger partial charge in [-0.3, -0.25) is 4.79 Å². The lowest BCUT2D eigenvalue weighted by atomic mass is 10.1. The highest BCUT2D eigenvalue weighted by Gasteiger charge is 2.11. The number of hydrogen-bond donors (Lipinski definition) is 2. The van der Waals surface area contributed by atoms with Crippen LogP contribution in [-0.4, -0.2) is 10.2 Å². The summed E-state index contributed by atoms with van der Waals surface area (Å²) in [4.78, 5) is 12.3. The number of rotatable bonds is 3. The van der Waals surface area contributed by atoms with Crippen molar-refractivity contribution in [3.05, 3.63) is 83.0 Å². The van der Waals surface area contributed by atoms with Crippen LogP contribution in [0.2, 0.25) is 0 Å². The fourth-order valence-corrected chi connectivity index (χ4v) is 2.63. The van der Waals surface area contributed by atoms with E-state index in [1.54, 1.807) is 24.3 Å². The normalized spacial score (nSPS) is 10.8. The van der Waals surface area contributed by atoms with E-state index in [1.807, 2.05) is 30.3 Å². The minimum absolute atomic E-state index is 0.201. The molecule has 2 N–H and O–H groups in total. The van der Waals surface area contributed by atoms with E-state index >= 15 is 0 Å². The molecule has 5 nitrogen and oxygen atoms in total. The maximum atomic E-state index is 12.3. The molecule has 0 spiro atoms. The summed E-state index contributed by atoms with van der Waals surface area (Å²) in [5.74, 6) is 1.04. The molecule has 128 valence electrons. The van der Waals surface area contributed by atoms with Crippen LogP contribution in [0.25, 0.3) is 22.3 Å². The lowest BCUT2D eigenvalue weighted by Crippen LogP contribution is -2.00. The molecule has 0 saturated heterocycles. The van der Waals surface area contributed by atoms with Gasteiger partial charge in [0, 0.05) is 17.7 Å². The van der Waals surface area contributed by atoms with Crippen LogP contribution < -0.4 is 10.2 Å². The van der Waals surface area contributed by atoms with Gasteiger partial charge in [-0.15, -0.1) is 0 Å². The molecule has 3 aromatic carbocycles. The Morgan fingerprint density at radius 2 is 1.42 bits per heavy atom. The summed E-state index contributed by atoms with van der Waals surface area (Å²) < 4.78 is 11.4. The standard InChI is InChI=1S/C21H14O5/c22-17-11-20(26-21-12-19(24)18(23)10-16(17)21)13-6-8-15(9-7-13)25-14-4-2-1-3-5-14/h1-12,23-24H. The third-order valence-corrected chi connectivity index (χ3v) is 3.94. The van der Waals surface area contributed by atoms with Gasteiger partial charge in [0.15, 0.2) is 16.9 Å². The molecule has 0 aliphatic carbocycles. The van der Waals surface area contributed by atoms with Crippen LogP contribution in [0.4, 0.5) is 0 Å². The first-order valence-electron chi connectivity index (χ1n) is 7.93. The van der Waals surface area contributed by atoms with Gasteiger partial charge < -0.3 is 19.4 Å². The molecule has 1 heterocycles. The molecular formula is C21H14O5. The van der Waals surface area contributed by atoms with Crippen molar-refractivity contribution in [2.75, 3.05) is 0 Å². The van der Waals surface area contributed by atoms with Crippen molar-refractivity contribution in [3.63, 3.8) is 0 Å². The quantitative estimate of drug-likeness (QED) is 0.527. The van der Waals surface area contributed by atoms with Gasteiger partial charge in [-0.1, -0.05) is 18.2 Å². The summed E-state index contributed by atoms with van der Waals surface area (Å²) in [6.07, 6.45) is 0. The predicted molar refractivity (Wildman–Crippen MR) is 97.8 cm³/mol. The second-order valence-corrected chi connectivity index (χ2v) is 5.75. The summed E-state index contributed by atoms with van der Waals surface area (Å²) in [6.45, 7) is 0. The smallest absolute Gasteiger partial charge is 0.193 e. The lowest BCUT2D eigenvalue weighted by molar-refractivity contribution is 0.403. The monoisotopic (exact) mass is 346 g/mol. The van der Waals surface area contributed by atoms with E-state index in [2.05, 4.69) is 0 Å². The number of ether oxygens (including phenoxy) is 1. The van der Waals surface area contributed by atoms with Gasteiger partial charge in [0.05, 0.1) is 5.39 Å². The topological polar surface area (TPSA) is 79.9 Å². The number of phenols is 2. The van der Waals surface area contributed by atoms with E-state index in [1.165, 1.54) is 18.2 Å². The molecule has 4 rings (SSSR count). The number of fused-ring (bicyclic) bond motifs is 1. The van der Waals surface area contributed by atoms with Gasteiger partial charge in [0.25, 0.3) is 0 Å². The van der Waals surface area contributed by atoms with Crippen molar-refractivity contribution in [3.8, 4) is 34.3 Å². The van der Waals surface area contributed by atoms with Crippen molar-refractivity contribution in [1.29, 1.82) is 0 Å². The molecule has 26 heavy (non-hydrogen) atoms. The first kappa shape index (κ1) is 15.8. The Balaban J connectivity index is 1.69. The third kappa shape index (κ3) is 2.98. The number of hydrogen-bond acceptors (Lipinski definition) is 5. The van der Waals surface area contributed by atoms with Crippen molar-refractivity contribution < 1.29 is 19.4 Å². The van der Waals surface area contributed by atoms with E-state index in [-0.39, 0.29) is 27.9 Å². The lowest BCUT2D eigenvalue weighted by Gasteiger charge is -2.07. The molecule has 0 atom stereocenters. The highest BCUT2D eigenvalue weighted by Crippen LogP contribution is 2.31. The van der Waals surface area contributed by atoms with Crippen LogP contribution in [0.5, 0.6) is 23.0 Å². The number of aromatic hydroxyl groups is 2. The average molecular weight is 346 g/mol. The molecule has 4 aromatic rings. The van der Waals surface area contributed by atoms with Crippen molar-refractivity contribution >= 4 is 11.0 Å². The van der Waals surface area contributed by atoms with Crippen LogP contribution in [-0.2, 0) is 0 Å². The summed E-state index contributed by atoms with van der Waals surface area (Å²) in [5, 5.41) is 19.4. The molecular weight excluding hydrogens is 332 g/mol. The zero-order valence-electron chi connectivity index (χ0n) is 13.5. The Labute approximate surface area is 148 Å². The SMILES string of the molecule is O=c1cc(-c2ccc(Oc3ccccc3)cc2)oc2cc(O)c(O)cc12. The molecule has 0 radical (unpaired) electrons. The molecule has 0 amide bonds. The van der Waals surface area contributed by atoms with E-state index in [9.17, 15) is 15.0 Å². The summed E-state index contributed by atoms with van der Waals surface area (Å²) >= 11 is 0. The molecule has 0 saturated carbocycles. The fourth-order valence-electron chi connectivity index (χ4n) is 2.63. The zero-order chi connectivity index (χ0) is 18.1. The average Bonchev–Trinajstić information content (AvgIpc) is 2.65. The van der Waals surface area contributed by atoms with Gasteiger partial charge in [-0.25, -0.2) is 0 Å². The Morgan fingerprint density at radius 1 is 0.769 bits per heavy atom. The molecule has 1 aromatic heterocycles. The van der Waals surface area contributed by atoms with Crippen LogP contribution in [0.1, 0.15) is 0 Å². The summed E-state index contributed by atoms with van der Waals surface area (Å²) in [7, 11) is 0. The summed E-state index contributed by atoms with van der Waals surface area (Å²) in [6, 6.07) is 20.3. The highest BCUT2D eigenvalue weighted by molar-refractivity contribution is 5.82. The van der Waals surface area contributed by atoms with Crippen LogP contribution in [0.3, 0.4) is 0 Å². The Kier molecular flexibility index (Phi) is 3.82. The van der Waals surface area contributed by atoms with Gasteiger partial charge in [-0.2, -0.15) is 0 Å². The second kappa shape index (κ2) is 6.29. The van der Waals surface area contributed by atoms with E-state index < -0.39 is 0 Å². The van der Waals surface area contributed by atoms with Gasteiger partial charge in [0.1, 0.15) is 22.8 Å². The third-order valence-electron chi connectivity index (χ3n) is 3.94. The Bertz CT molecular complexity index is 1130. The van der Waals surface area contributed by atoms with Crippen LogP contribution in [0, 0.1) is 0 Å². The van der Waals surface area contributed by atoms with Crippen LogP contribution in [0.15, 0.2) is 82.0 Å². The first-order chi connectivity index (χ1) is 12.6. The van der Waals surface area contributed by atoms with E-state index in [0.29, 0.717) is 17.1 Å². The molecule has 0 fully saturated rings. The van der Waals surface area contributed by atoms with Gasteiger partial charge in [0.2, 0.25) is 0 Å². The second-order valence-electron chi connectivity index (χ2n) is 5.75. The van der Waals surface area contributed by atoms with E-state index in [0.717, 1.165) is 5.75 Å². The number of phenolic OH excluding ortho intramolecular Hbond substituents is 2. The molecule has 0 aliphatic heterocycles.